The largest absolute Gasteiger partial charge is 0.322 e. The number of hydrogen-bond donors (Lipinski definition) is 4. The number of nitrogens with zero attached hydrogens (tertiary/aromatic N) is 1. The second-order valence-electron chi connectivity index (χ2n) is 5.65. The summed E-state index contributed by atoms with van der Waals surface area (Å²) in [5.74, 6) is -1.35. The van der Waals surface area contributed by atoms with Crippen molar-refractivity contribution in [1.29, 1.82) is 0 Å². The van der Waals surface area contributed by atoms with Gasteiger partial charge >= 0.3 is 0 Å². The first-order valence-corrected chi connectivity index (χ1v) is 8.12. The number of H-pyrrole nitrogens is 1. The van der Waals surface area contributed by atoms with Crippen LogP contribution in [0.25, 0.3) is 10.9 Å². The number of carbonyl (C=O) groups excluding carboxylic acids is 3. The monoisotopic (exact) mass is 363 g/mol. The van der Waals surface area contributed by atoms with Gasteiger partial charge in [0, 0.05) is 11.1 Å². The van der Waals surface area contributed by atoms with E-state index in [0.29, 0.717) is 16.6 Å². The average Bonchev–Trinajstić information content (AvgIpc) is 3.12. The van der Waals surface area contributed by atoms with Gasteiger partial charge in [-0.15, -0.1) is 0 Å². The van der Waals surface area contributed by atoms with Crippen LogP contribution in [0, 0.1) is 0 Å². The minimum Gasteiger partial charge on any atom is -0.322 e. The molecule has 3 amide bonds. The summed E-state index contributed by atoms with van der Waals surface area (Å²) in [6.07, 6.45) is 1.11. The molecule has 8 heteroatoms. The molecule has 3 aromatic rings. The summed E-state index contributed by atoms with van der Waals surface area (Å²) in [7, 11) is 0. The van der Waals surface area contributed by atoms with E-state index < -0.39 is 11.8 Å². The van der Waals surface area contributed by atoms with Crippen molar-refractivity contribution in [2.75, 3.05) is 5.32 Å². The zero-order valence-electron chi connectivity index (χ0n) is 14.3. The molecule has 27 heavy (non-hydrogen) atoms. The molecule has 0 aliphatic rings. The zero-order chi connectivity index (χ0) is 19.2. The van der Waals surface area contributed by atoms with Crippen LogP contribution < -0.4 is 16.2 Å². The minimum absolute atomic E-state index is 0.0326. The topological polar surface area (TPSA) is 116 Å². The molecule has 0 spiro atoms. The first-order chi connectivity index (χ1) is 13.1. The number of carbonyl (C=O) groups is 3. The molecule has 0 saturated heterocycles. The lowest BCUT2D eigenvalue weighted by Crippen LogP contribution is -2.42. The fraction of sp³-hybridized carbons (Fsp3) is 0.0526. The fourth-order valence-corrected chi connectivity index (χ4v) is 2.52. The highest BCUT2D eigenvalue weighted by Gasteiger charge is 2.15. The highest BCUT2D eigenvalue weighted by molar-refractivity contribution is 6.05. The third-order valence-corrected chi connectivity index (χ3v) is 3.81. The lowest BCUT2D eigenvalue weighted by Gasteiger charge is -2.10. The van der Waals surface area contributed by atoms with Crippen LogP contribution in [0.15, 0.2) is 61.2 Å². The maximum atomic E-state index is 12.3. The first kappa shape index (κ1) is 17.9. The van der Waals surface area contributed by atoms with E-state index in [1.54, 1.807) is 42.5 Å². The van der Waals surface area contributed by atoms with E-state index >= 15 is 0 Å². The SMILES string of the molecule is C=CC(=O)Nc1ccccc1CC(=O)NNC(=O)c1n[nH]c2ccccc12. The van der Waals surface area contributed by atoms with Gasteiger partial charge in [-0.2, -0.15) is 5.10 Å². The number of hydrogen-bond acceptors (Lipinski definition) is 4. The van der Waals surface area contributed by atoms with Gasteiger partial charge in [0.2, 0.25) is 11.8 Å². The van der Waals surface area contributed by atoms with Crippen molar-refractivity contribution in [2.45, 2.75) is 6.42 Å². The molecule has 4 N–H and O–H groups in total. The molecule has 1 aromatic heterocycles. The Bertz CT molecular complexity index is 1020. The molecule has 1 heterocycles. The van der Waals surface area contributed by atoms with Gasteiger partial charge in [0.15, 0.2) is 5.69 Å². The lowest BCUT2D eigenvalue weighted by molar-refractivity contribution is -0.121. The van der Waals surface area contributed by atoms with Gasteiger partial charge in [-0.3, -0.25) is 30.3 Å². The van der Waals surface area contributed by atoms with Gasteiger partial charge < -0.3 is 5.32 Å². The predicted octanol–water partition coefficient (Wildman–Crippen LogP) is 1.69. The lowest BCUT2D eigenvalue weighted by atomic mass is 10.1. The van der Waals surface area contributed by atoms with Crippen molar-refractivity contribution in [2.24, 2.45) is 0 Å². The maximum Gasteiger partial charge on any atom is 0.290 e. The van der Waals surface area contributed by atoms with E-state index in [4.69, 9.17) is 0 Å². The first-order valence-electron chi connectivity index (χ1n) is 8.12. The standard InChI is InChI=1S/C19H17N5O3/c1-2-16(25)20-14-9-5-3-7-12(14)11-17(26)22-24-19(27)18-13-8-4-6-10-15(13)21-23-18/h2-10H,1,11H2,(H,20,25)(H,21,23)(H,22,26)(H,24,27). The summed E-state index contributed by atoms with van der Waals surface area (Å²) in [5, 5.41) is 10.0. The van der Waals surface area contributed by atoms with E-state index in [1.807, 2.05) is 6.07 Å². The quantitative estimate of drug-likeness (QED) is 0.408. The summed E-state index contributed by atoms with van der Waals surface area (Å²) >= 11 is 0. The number of anilines is 1. The number of aromatic nitrogens is 2. The third kappa shape index (κ3) is 4.18. The van der Waals surface area contributed by atoms with Crippen molar-refractivity contribution in [1.82, 2.24) is 21.0 Å². The number of aromatic amines is 1. The normalized spacial score (nSPS) is 10.2. The van der Waals surface area contributed by atoms with Gasteiger partial charge in [0.1, 0.15) is 0 Å². The molecule has 0 fully saturated rings. The van der Waals surface area contributed by atoms with E-state index in [-0.39, 0.29) is 18.0 Å². The Balaban J connectivity index is 1.62. The number of nitrogens with one attached hydrogen (secondary N) is 4. The van der Waals surface area contributed by atoms with Crippen LogP contribution in [0.5, 0.6) is 0 Å². The number of benzene rings is 2. The molecule has 0 aliphatic heterocycles. The van der Waals surface area contributed by atoms with Gasteiger partial charge in [-0.05, 0) is 23.8 Å². The second kappa shape index (κ2) is 7.96. The highest BCUT2D eigenvalue weighted by atomic mass is 16.2. The molecular weight excluding hydrogens is 346 g/mol. The Morgan fingerprint density at radius 2 is 1.78 bits per heavy atom. The average molecular weight is 363 g/mol. The zero-order valence-corrected chi connectivity index (χ0v) is 14.3. The van der Waals surface area contributed by atoms with Gasteiger partial charge in [-0.25, -0.2) is 0 Å². The number of hydrazine groups is 1. The van der Waals surface area contributed by atoms with Gasteiger partial charge in [-0.1, -0.05) is 43.0 Å². The molecule has 0 atom stereocenters. The van der Waals surface area contributed by atoms with E-state index in [9.17, 15) is 14.4 Å². The number of para-hydroxylation sites is 2. The van der Waals surface area contributed by atoms with Crippen LogP contribution in [0.4, 0.5) is 5.69 Å². The Hall–Kier alpha value is -3.94. The van der Waals surface area contributed by atoms with Gasteiger partial charge in [0.25, 0.3) is 5.91 Å². The Morgan fingerprint density at radius 3 is 2.59 bits per heavy atom. The Labute approximate surface area is 154 Å². The smallest absolute Gasteiger partial charge is 0.290 e. The Kier molecular flexibility index (Phi) is 5.27. The van der Waals surface area contributed by atoms with Gasteiger partial charge in [0.05, 0.1) is 11.9 Å². The number of rotatable bonds is 5. The molecule has 3 rings (SSSR count). The highest BCUT2D eigenvalue weighted by Crippen LogP contribution is 2.16. The minimum atomic E-state index is -0.533. The summed E-state index contributed by atoms with van der Waals surface area (Å²) in [6.45, 7) is 3.39. The molecule has 136 valence electrons. The summed E-state index contributed by atoms with van der Waals surface area (Å²) in [5.41, 5.74) is 6.71. The van der Waals surface area contributed by atoms with Crippen molar-refractivity contribution in [3.8, 4) is 0 Å². The van der Waals surface area contributed by atoms with E-state index in [1.165, 1.54) is 0 Å². The molecule has 0 unspecified atom stereocenters. The molecule has 0 bridgehead atoms. The molecular formula is C19H17N5O3. The van der Waals surface area contributed by atoms with Crippen LogP contribution in [0.1, 0.15) is 16.1 Å². The van der Waals surface area contributed by atoms with Crippen LogP contribution in [-0.4, -0.2) is 27.9 Å². The van der Waals surface area contributed by atoms with Crippen LogP contribution in [-0.2, 0) is 16.0 Å². The molecule has 0 saturated carbocycles. The van der Waals surface area contributed by atoms with Crippen molar-refractivity contribution >= 4 is 34.3 Å². The maximum absolute atomic E-state index is 12.3. The fourth-order valence-electron chi connectivity index (χ4n) is 2.52. The summed E-state index contributed by atoms with van der Waals surface area (Å²) in [6, 6.07) is 14.1. The van der Waals surface area contributed by atoms with Crippen molar-refractivity contribution in [3.63, 3.8) is 0 Å². The predicted molar refractivity (Wildman–Crippen MR) is 101 cm³/mol. The molecule has 0 aliphatic carbocycles. The van der Waals surface area contributed by atoms with Crippen LogP contribution in [0.2, 0.25) is 0 Å². The number of amides is 3. The van der Waals surface area contributed by atoms with E-state index in [0.717, 1.165) is 11.6 Å². The van der Waals surface area contributed by atoms with Crippen LogP contribution >= 0.6 is 0 Å². The number of fused-ring (bicyclic) bond motifs is 1. The van der Waals surface area contributed by atoms with Crippen molar-refractivity contribution in [3.05, 3.63) is 72.4 Å². The third-order valence-electron chi connectivity index (χ3n) is 3.81. The Morgan fingerprint density at radius 1 is 1.04 bits per heavy atom. The molecule has 8 nitrogen and oxygen atoms in total. The van der Waals surface area contributed by atoms with Crippen molar-refractivity contribution < 1.29 is 14.4 Å². The van der Waals surface area contributed by atoms with Crippen LogP contribution in [0.3, 0.4) is 0 Å². The second-order valence-corrected chi connectivity index (χ2v) is 5.65. The summed E-state index contributed by atoms with van der Waals surface area (Å²) in [4.78, 5) is 35.9. The van der Waals surface area contributed by atoms with E-state index in [2.05, 4.69) is 32.9 Å². The molecule has 2 aromatic carbocycles. The summed E-state index contributed by atoms with van der Waals surface area (Å²) < 4.78 is 0. The molecule has 0 radical (unpaired) electrons.